The van der Waals surface area contributed by atoms with Crippen LogP contribution in [0.2, 0.25) is 0 Å². The molecule has 18 heteroatoms. The van der Waals surface area contributed by atoms with Gasteiger partial charge >= 0.3 is 0 Å². The summed E-state index contributed by atoms with van der Waals surface area (Å²) in [6, 6.07) is 23.0. The number of amides is 2. The fraction of sp³-hybridized carbons (Fsp3) is 0.352. The van der Waals surface area contributed by atoms with Crippen LogP contribution in [0.1, 0.15) is 126 Å². The van der Waals surface area contributed by atoms with Gasteiger partial charge in [0, 0.05) is 80.4 Å². The second-order valence-electron chi connectivity index (χ2n) is 19.1. The highest BCUT2D eigenvalue weighted by Crippen LogP contribution is 2.43. The van der Waals surface area contributed by atoms with Crippen molar-refractivity contribution in [3.05, 3.63) is 172 Å². The van der Waals surface area contributed by atoms with Gasteiger partial charge in [-0.3, -0.25) is 14.6 Å². The lowest BCUT2D eigenvalue weighted by Crippen LogP contribution is -2.45. The molecule has 378 valence electrons. The minimum absolute atomic E-state index is 0.0207. The van der Waals surface area contributed by atoms with Gasteiger partial charge in [0.15, 0.2) is 0 Å². The molecule has 0 bridgehead atoms. The maximum atomic E-state index is 14.6. The molecule has 0 saturated heterocycles. The smallest absolute Gasteiger partial charge is 0.255 e. The van der Waals surface area contributed by atoms with E-state index in [1.54, 1.807) is 92.1 Å². The summed E-state index contributed by atoms with van der Waals surface area (Å²) < 4.78 is 90.6. The van der Waals surface area contributed by atoms with E-state index in [0.29, 0.717) is 41.6 Å². The number of nitrogens with zero attached hydrogens (tertiary/aromatic N) is 4. The van der Waals surface area contributed by atoms with Gasteiger partial charge in [-0.25, -0.2) is 40.6 Å². The molecule has 15 nitrogen and oxygen atoms in total. The number of carbonyl (C=O) groups excluding carboxylic acids is 2. The van der Waals surface area contributed by atoms with Crippen molar-refractivity contribution in [1.82, 2.24) is 34.6 Å². The molecule has 0 aliphatic carbocycles. The van der Waals surface area contributed by atoms with Gasteiger partial charge in [0.1, 0.15) is 17.0 Å². The molecule has 2 aliphatic heterocycles. The van der Waals surface area contributed by atoms with E-state index >= 15 is 0 Å². The minimum Gasteiger partial charge on any atom is -0.471 e. The summed E-state index contributed by atoms with van der Waals surface area (Å²) in [6.07, 6.45) is 8.48. The Kier molecular flexibility index (Phi) is 15.3. The molecule has 5 heterocycles. The molecule has 2 aliphatic rings. The van der Waals surface area contributed by atoms with E-state index in [1.807, 2.05) is 46.8 Å². The van der Waals surface area contributed by atoms with Gasteiger partial charge in [-0.05, 0) is 118 Å². The fourth-order valence-corrected chi connectivity index (χ4v) is 11.8. The number of halogens is 1. The van der Waals surface area contributed by atoms with Gasteiger partial charge in [0.2, 0.25) is 31.8 Å². The first-order valence-electron chi connectivity index (χ1n) is 24.1. The number of carbonyl (C=O) groups is 2. The highest BCUT2D eigenvalue weighted by atomic mass is 32.2. The Balaban J connectivity index is 1.07. The number of hydrogen-bond donors (Lipinski definition) is 3. The van der Waals surface area contributed by atoms with E-state index in [0.717, 1.165) is 23.1 Å². The van der Waals surface area contributed by atoms with Gasteiger partial charge in [-0.2, -0.15) is 0 Å². The predicted octanol–water partition coefficient (Wildman–Crippen LogP) is 8.15. The number of aromatic nitrogens is 3. The minimum atomic E-state index is -4.27. The van der Waals surface area contributed by atoms with Crippen molar-refractivity contribution in [1.29, 1.82) is 0 Å². The molecule has 6 aromatic rings. The third-order valence-corrected chi connectivity index (χ3v) is 16.1. The van der Waals surface area contributed by atoms with E-state index in [4.69, 9.17) is 9.47 Å². The Labute approximate surface area is 421 Å². The number of ether oxygens (including phenoxy) is 2. The van der Waals surface area contributed by atoms with E-state index in [2.05, 4.69) is 29.7 Å². The molecule has 0 saturated carbocycles. The first-order chi connectivity index (χ1) is 34.3. The topological polar surface area (TPSA) is 199 Å². The molecule has 0 fully saturated rings. The molecule has 3 N–H and O–H groups in total. The summed E-state index contributed by atoms with van der Waals surface area (Å²) in [7, 11) is -8.39. The first-order valence-corrected chi connectivity index (χ1v) is 27.1. The number of hydrogen-bond acceptors (Lipinski definition) is 11. The summed E-state index contributed by atoms with van der Waals surface area (Å²) in [4.78, 5) is 42.1. The van der Waals surface area contributed by atoms with Crippen LogP contribution in [-0.4, -0.2) is 72.8 Å². The van der Waals surface area contributed by atoms with E-state index in [1.165, 1.54) is 23.4 Å². The van der Waals surface area contributed by atoms with Crippen LogP contribution in [0.25, 0.3) is 0 Å². The second-order valence-corrected chi connectivity index (χ2v) is 22.6. The van der Waals surface area contributed by atoms with Gasteiger partial charge in [0.05, 0.1) is 33.0 Å². The highest BCUT2D eigenvalue weighted by molar-refractivity contribution is 7.89. The highest BCUT2D eigenvalue weighted by Gasteiger charge is 2.42. The predicted molar refractivity (Wildman–Crippen MR) is 270 cm³/mol. The number of nitrogens with one attached hydrogen (secondary N) is 3. The van der Waals surface area contributed by atoms with Crippen LogP contribution >= 0.6 is 0 Å². The monoisotopic (exact) mass is 1020 g/mol. The Hall–Kier alpha value is -6.60. The number of fused-ring (bicyclic) bond motifs is 2. The average Bonchev–Trinajstić information content (AvgIpc) is 3.35. The third kappa shape index (κ3) is 11.8. The molecule has 3 atom stereocenters. The zero-order valence-corrected chi connectivity index (χ0v) is 42.9. The van der Waals surface area contributed by atoms with Gasteiger partial charge in [0.25, 0.3) is 11.8 Å². The summed E-state index contributed by atoms with van der Waals surface area (Å²) in [5.74, 6) is -0.910. The zero-order valence-electron chi connectivity index (χ0n) is 41.2. The molecule has 0 spiro atoms. The van der Waals surface area contributed by atoms with Gasteiger partial charge < -0.3 is 19.7 Å². The zero-order chi connectivity index (χ0) is 51.4. The molecule has 72 heavy (non-hydrogen) atoms. The van der Waals surface area contributed by atoms with Crippen molar-refractivity contribution in [3.8, 4) is 11.8 Å². The Morgan fingerprint density at radius 3 is 2.03 bits per heavy atom. The van der Waals surface area contributed by atoms with Crippen molar-refractivity contribution in [2.24, 2.45) is 0 Å². The number of sulfonamides is 2. The number of pyridine rings is 3. The summed E-state index contributed by atoms with van der Waals surface area (Å²) in [6.45, 7) is 11.9. The van der Waals surface area contributed by atoms with Crippen LogP contribution in [0.4, 0.5) is 4.39 Å². The molecule has 0 radical (unpaired) electrons. The Morgan fingerprint density at radius 2 is 1.36 bits per heavy atom. The number of aryl methyl sites for hydroxylation is 2. The lowest BCUT2D eigenvalue weighted by Gasteiger charge is -2.40. The summed E-state index contributed by atoms with van der Waals surface area (Å²) in [5.41, 5.74) is 2.99. The third-order valence-electron chi connectivity index (χ3n) is 13.1. The maximum absolute atomic E-state index is 14.6. The van der Waals surface area contributed by atoms with Crippen LogP contribution in [0.5, 0.6) is 11.8 Å². The van der Waals surface area contributed by atoms with Gasteiger partial charge in [-0.1, -0.05) is 56.3 Å². The van der Waals surface area contributed by atoms with Gasteiger partial charge in [-0.15, -0.1) is 0 Å². The SMILES string of the molecule is CCc1ccc(S(=O)(=O)N[C@H]2CC(C)(Cc3cc(S(=O)(=O)N[C@H]4CC(C)(C)Oc5ncc(C(=O)N(CC)Cc6ccccc6F)cc54)ccc3CC)Oc3ncc(C(=O)NCCc4cccnc4)cc32)cc1. The lowest BCUT2D eigenvalue weighted by molar-refractivity contribution is 0.0458. The Bertz CT molecular complexity index is 3200. The molecule has 1 unspecified atom stereocenters. The van der Waals surface area contributed by atoms with E-state index in [9.17, 15) is 30.8 Å². The second kappa shape index (κ2) is 21.2. The van der Waals surface area contributed by atoms with Crippen LogP contribution in [0.15, 0.2) is 126 Å². The largest absolute Gasteiger partial charge is 0.471 e. The molecule has 2 amide bonds. The van der Waals surface area contributed by atoms with Crippen LogP contribution in [0.3, 0.4) is 0 Å². The summed E-state index contributed by atoms with van der Waals surface area (Å²) in [5, 5.41) is 2.91. The van der Waals surface area contributed by atoms with Crippen LogP contribution in [-0.2, 0) is 52.3 Å². The van der Waals surface area contributed by atoms with Crippen molar-refractivity contribution in [3.63, 3.8) is 0 Å². The van der Waals surface area contributed by atoms with Crippen molar-refractivity contribution in [2.75, 3.05) is 13.1 Å². The van der Waals surface area contributed by atoms with Crippen LogP contribution in [0, 0.1) is 5.82 Å². The number of benzene rings is 3. The molecular formula is C54H60FN7O8S2. The Morgan fingerprint density at radius 1 is 0.708 bits per heavy atom. The average molecular weight is 1020 g/mol. The molecular weight excluding hydrogens is 958 g/mol. The van der Waals surface area contributed by atoms with Crippen molar-refractivity contribution >= 4 is 31.9 Å². The quantitative estimate of drug-likeness (QED) is 0.0751. The first kappa shape index (κ1) is 51.7. The normalized spacial score (nSPS) is 18.2. The number of rotatable bonds is 18. The van der Waals surface area contributed by atoms with Crippen LogP contribution < -0.4 is 24.2 Å². The van der Waals surface area contributed by atoms with Crippen molar-refractivity contribution < 1.29 is 40.3 Å². The fourth-order valence-electron chi connectivity index (χ4n) is 9.30. The van der Waals surface area contributed by atoms with E-state index < -0.39 is 61.0 Å². The molecule has 8 rings (SSSR count). The molecule has 3 aromatic heterocycles. The maximum Gasteiger partial charge on any atom is 0.255 e. The molecule has 3 aromatic carbocycles. The van der Waals surface area contributed by atoms with E-state index in [-0.39, 0.29) is 65.0 Å². The lowest BCUT2D eigenvalue weighted by atomic mass is 9.83. The van der Waals surface area contributed by atoms with Crippen molar-refractivity contribution in [2.45, 2.75) is 120 Å². The standard InChI is InChI=1S/C54H60FN7O8S2/c1-7-35-16-19-42(20-17-35)71(65,66)61-48-30-54(6,70-51-44(48)26-40(32-58-51)49(63)57-24-22-36-13-12-23-56-31-36)28-39-25-43(21-18-37(39)8-2)72(67,68)60-47-29-53(4,5)69-50-45(47)27-41(33-59-50)52(64)62(9-3)34-38-14-10-11-15-46(38)55/h10-21,23,25-27,31-33,47-48,60-61H,7-9,22,24,28-30,34H2,1-6H3,(H,57,63)/t47-,48-,54?/m0/s1. The summed E-state index contributed by atoms with van der Waals surface area (Å²) >= 11 is 0.